The van der Waals surface area contributed by atoms with Crippen molar-refractivity contribution >= 4 is 40.9 Å². The van der Waals surface area contributed by atoms with Gasteiger partial charge in [-0.3, -0.25) is 19.4 Å². The Morgan fingerprint density at radius 2 is 0.697 bits per heavy atom. The number of nitrogens with zero attached hydrogens (tertiary/aromatic N) is 21. The Balaban J connectivity index is 0.000000144. The maximum Gasteiger partial charge on any atom is 0.318 e. The van der Waals surface area contributed by atoms with Crippen LogP contribution >= 0.6 is 0 Å². The molecule has 3 saturated heterocycles. The number of hydrogen-bond donors (Lipinski definition) is 0. The first-order chi connectivity index (χ1) is 52.9. The number of aromatic nitrogens is 14. The zero-order chi connectivity index (χ0) is 76.1. The summed E-state index contributed by atoms with van der Waals surface area (Å²) in [6, 6.07) is 41.1. The molecule has 3 amide bonds. The third-order valence-electron chi connectivity index (χ3n) is 18.2. The van der Waals surface area contributed by atoms with E-state index in [1.807, 2.05) is 36.0 Å². The number of benzene rings is 6. The Hall–Kier alpha value is -13.2. The van der Waals surface area contributed by atoms with Crippen molar-refractivity contribution in [2.24, 2.45) is 0 Å². The quantitative estimate of drug-likeness (QED) is 0.0725. The molecule has 558 valence electrons. The van der Waals surface area contributed by atoms with Crippen molar-refractivity contribution in [3.63, 3.8) is 0 Å². The first-order valence-corrected chi connectivity index (χ1v) is 34.7. The molecule has 15 rings (SSSR count). The van der Waals surface area contributed by atoms with Gasteiger partial charge in [-0.15, -0.1) is 15.3 Å². The zero-order valence-electron chi connectivity index (χ0n) is 59.7. The Morgan fingerprint density at radius 1 is 0.367 bits per heavy atom. The highest BCUT2D eigenvalue weighted by Crippen LogP contribution is 2.29. The molecule has 26 nitrogen and oxygen atoms in total. The molecular weight excluding hydrogens is 1410 g/mol. The molecule has 12 aromatic rings. The summed E-state index contributed by atoms with van der Waals surface area (Å²) in [6.45, 7) is 6.77. The Kier molecular flexibility index (Phi) is 23.1. The fourth-order valence-corrected chi connectivity index (χ4v) is 12.3. The van der Waals surface area contributed by atoms with E-state index in [0.29, 0.717) is 165 Å². The first kappa shape index (κ1) is 74.1. The van der Waals surface area contributed by atoms with Crippen molar-refractivity contribution in [1.82, 2.24) is 83.9 Å². The maximum absolute atomic E-state index is 13.5. The summed E-state index contributed by atoms with van der Waals surface area (Å²) < 4.78 is 95.5. The number of pyridine rings is 1. The molecule has 32 heteroatoms. The van der Waals surface area contributed by atoms with Gasteiger partial charge in [0.05, 0.1) is 26.6 Å². The second-order valence-corrected chi connectivity index (χ2v) is 25.5. The normalized spacial score (nSPS) is 13.6. The van der Waals surface area contributed by atoms with Crippen LogP contribution in [0.25, 0.3) is 68.3 Å². The average molecular weight is 1490 g/mol. The topological polar surface area (TPSA) is 249 Å². The zero-order valence-corrected chi connectivity index (χ0v) is 59.7. The fourth-order valence-electron chi connectivity index (χ4n) is 12.3. The van der Waals surface area contributed by atoms with Crippen LogP contribution in [0.3, 0.4) is 0 Å². The van der Waals surface area contributed by atoms with Gasteiger partial charge in [-0.1, -0.05) is 0 Å². The minimum absolute atomic E-state index is 0.0186. The molecule has 6 aromatic carbocycles. The van der Waals surface area contributed by atoms with Crippen LogP contribution in [0.15, 0.2) is 189 Å². The molecule has 3 aliphatic heterocycles. The van der Waals surface area contributed by atoms with Crippen molar-refractivity contribution in [3.8, 4) is 80.2 Å². The number of rotatable bonds is 18. The Labute approximate surface area is 622 Å². The first-order valence-electron chi connectivity index (χ1n) is 34.7. The predicted molar refractivity (Wildman–Crippen MR) is 395 cm³/mol. The number of carbonyl (C=O) groups excluding carboxylic acids is 3. The highest BCUT2D eigenvalue weighted by molar-refractivity contribution is 5.79. The molecule has 0 atom stereocenters. The lowest BCUT2D eigenvalue weighted by Gasteiger charge is -2.35. The number of ether oxygens (including phenoxy) is 2. The van der Waals surface area contributed by atoms with E-state index in [9.17, 15) is 40.7 Å². The monoisotopic (exact) mass is 1490 g/mol. The van der Waals surface area contributed by atoms with Gasteiger partial charge in [-0.05, 0) is 158 Å². The lowest BCUT2D eigenvalue weighted by atomic mass is 10.2. The second kappa shape index (κ2) is 34.0. The summed E-state index contributed by atoms with van der Waals surface area (Å²) >= 11 is 0. The van der Waals surface area contributed by atoms with Crippen LogP contribution < -0.4 is 29.1 Å². The summed E-state index contributed by atoms with van der Waals surface area (Å²) in [5, 5.41) is 13.6. The summed E-state index contributed by atoms with van der Waals surface area (Å²) in [5.41, 5.74) is 4.78. The summed E-state index contributed by atoms with van der Waals surface area (Å²) in [4.78, 5) is 88.5. The van der Waals surface area contributed by atoms with Crippen LogP contribution in [0.1, 0.15) is 0 Å². The molecule has 3 aliphatic rings. The van der Waals surface area contributed by atoms with Gasteiger partial charge in [0.2, 0.25) is 23.6 Å². The largest absolute Gasteiger partial charge is 0.480 e. The molecule has 3 fully saturated rings. The number of piperazine rings is 3. The van der Waals surface area contributed by atoms with Gasteiger partial charge in [-0.25, -0.2) is 65.3 Å². The SMILES string of the molecule is CN(C)c1ccnc(N2CCN(C(=O)Cn3nc(-c4ccc(F)cc4)nc3-c3ccc(F)cc3)CC2)c1.COc1cncc(N2CCN(C(=O)Cn3nc(-c4ccc(F)cc4)nc3-c3ccc(F)cc3)CC2)n1.COc1nccc(N2CCN(C(=O)Cn3nc(-c4ccc(F)cc4)nc3-c3ccc(F)cc3)CC2)n1. The molecule has 9 heterocycles. The molecule has 0 unspecified atom stereocenters. The van der Waals surface area contributed by atoms with Crippen LogP contribution in [0.4, 0.5) is 49.5 Å². The number of carbonyl (C=O) groups is 3. The number of methoxy groups -OCH3 is 2. The highest BCUT2D eigenvalue weighted by Gasteiger charge is 2.29. The molecule has 109 heavy (non-hydrogen) atoms. The average Bonchev–Trinajstić information content (AvgIpc) is 1.67. The van der Waals surface area contributed by atoms with Crippen molar-refractivity contribution in [2.45, 2.75) is 19.6 Å². The van der Waals surface area contributed by atoms with Crippen molar-refractivity contribution in [3.05, 3.63) is 223 Å². The Bertz CT molecular complexity index is 4880. The van der Waals surface area contributed by atoms with Crippen LogP contribution in [-0.4, -0.2) is 208 Å². The smallest absolute Gasteiger partial charge is 0.318 e. The molecule has 0 spiro atoms. The number of hydrogen-bond acceptors (Lipinski definition) is 20. The lowest BCUT2D eigenvalue weighted by molar-refractivity contribution is -0.133. The number of amides is 3. The molecular formula is C77H73F6N21O5. The fraction of sp³-hybridized carbons (Fsp3) is 0.247. The van der Waals surface area contributed by atoms with E-state index >= 15 is 0 Å². The van der Waals surface area contributed by atoms with Crippen LogP contribution in [0.5, 0.6) is 11.9 Å². The van der Waals surface area contributed by atoms with E-state index < -0.39 is 0 Å². The minimum Gasteiger partial charge on any atom is -0.480 e. The molecule has 6 aromatic heterocycles. The van der Waals surface area contributed by atoms with Gasteiger partial charge in [0.25, 0.3) is 0 Å². The van der Waals surface area contributed by atoms with Crippen LogP contribution in [0.2, 0.25) is 0 Å². The predicted octanol–water partition coefficient (Wildman–Crippen LogP) is 9.78. The van der Waals surface area contributed by atoms with E-state index in [1.54, 1.807) is 118 Å². The van der Waals surface area contributed by atoms with Gasteiger partial charge in [0.1, 0.15) is 66.2 Å². The van der Waals surface area contributed by atoms with Crippen LogP contribution in [0, 0.1) is 34.9 Å². The highest BCUT2D eigenvalue weighted by atomic mass is 19.1. The second-order valence-electron chi connectivity index (χ2n) is 25.5. The number of halogens is 6. The summed E-state index contributed by atoms with van der Waals surface area (Å²) in [7, 11) is 7.03. The molecule has 0 saturated carbocycles. The molecule has 0 aliphatic carbocycles. The third-order valence-corrected chi connectivity index (χ3v) is 18.2. The minimum atomic E-state index is -0.377. The van der Waals surface area contributed by atoms with E-state index in [0.717, 1.165) is 17.3 Å². The number of anilines is 4. The van der Waals surface area contributed by atoms with Gasteiger partial charge in [-0.2, -0.15) is 9.97 Å². The maximum atomic E-state index is 13.5. The van der Waals surface area contributed by atoms with Gasteiger partial charge < -0.3 is 43.8 Å². The third kappa shape index (κ3) is 18.4. The lowest BCUT2D eigenvalue weighted by Crippen LogP contribution is -2.50. The molecule has 0 N–H and O–H groups in total. The van der Waals surface area contributed by atoms with Crippen molar-refractivity contribution in [2.75, 3.05) is 126 Å². The van der Waals surface area contributed by atoms with E-state index in [2.05, 4.69) is 65.0 Å². The standard InChI is InChI=1S/C27H27F2N7O.2C25H23F2N7O2/c1-33(2)23-11-12-30-24(17-23)34-13-15-35(16-14-34)25(37)18-36-27(20-5-9-22(29)10-6-20)31-26(32-36)19-3-7-21(28)8-4-19;1-36-22-15-28-14-21(29-22)32-10-12-33(13-11-32)23(35)16-34-25(18-4-8-20(27)9-5-18)30-24(31-34)17-2-6-19(26)7-3-17;1-36-25-28-11-10-21(29-25)32-12-14-33(15-13-32)22(35)16-34-24(18-4-8-20(27)9-5-18)30-23(31-34)17-2-6-19(26)7-3-17/h3-12,17H,13-16,18H2,1-2H3;2-9,14-15H,10-13,16H2,1H3;2-11H,12-16H2,1H3. The van der Waals surface area contributed by atoms with Gasteiger partial charge in [0, 0.05) is 150 Å². The van der Waals surface area contributed by atoms with Crippen molar-refractivity contribution in [1.29, 1.82) is 0 Å². The van der Waals surface area contributed by atoms with Crippen LogP contribution in [-0.2, 0) is 34.0 Å². The summed E-state index contributed by atoms with van der Waals surface area (Å²) in [6.07, 6.45) is 6.64. The summed E-state index contributed by atoms with van der Waals surface area (Å²) in [5.74, 6) is 2.57. The molecule has 0 bridgehead atoms. The van der Waals surface area contributed by atoms with E-state index in [-0.39, 0.29) is 72.3 Å². The van der Waals surface area contributed by atoms with Gasteiger partial charge >= 0.3 is 6.01 Å². The van der Waals surface area contributed by atoms with E-state index in [4.69, 9.17) is 9.47 Å². The van der Waals surface area contributed by atoms with Gasteiger partial charge in [0.15, 0.2) is 40.8 Å². The Morgan fingerprint density at radius 3 is 1.04 bits per heavy atom. The molecule has 0 radical (unpaired) electrons. The van der Waals surface area contributed by atoms with E-state index in [1.165, 1.54) is 101 Å². The van der Waals surface area contributed by atoms with Crippen molar-refractivity contribution < 1.29 is 50.2 Å².